The Morgan fingerprint density at radius 2 is 2.09 bits per heavy atom. The first kappa shape index (κ1) is 18.7. The van der Waals surface area contributed by atoms with Crippen molar-refractivity contribution in [2.45, 2.75) is 64.1 Å². The first-order chi connectivity index (χ1) is 10.7. The predicted octanol–water partition coefficient (Wildman–Crippen LogP) is 0.959. The molecule has 0 aromatic carbocycles. The van der Waals surface area contributed by atoms with Crippen molar-refractivity contribution < 1.29 is 17.9 Å². The zero-order valence-corrected chi connectivity index (χ0v) is 15.3. The smallest absolute Gasteiger partial charge is 0.234 e. The average molecular weight is 346 g/mol. The highest BCUT2D eigenvalue weighted by atomic mass is 32.2. The van der Waals surface area contributed by atoms with Crippen LogP contribution in [0.15, 0.2) is 0 Å². The van der Waals surface area contributed by atoms with Gasteiger partial charge in [-0.1, -0.05) is 6.92 Å². The molecule has 2 rings (SSSR count). The summed E-state index contributed by atoms with van der Waals surface area (Å²) in [5, 5.41) is 3.03. The van der Waals surface area contributed by atoms with Crippen molar-refractivity contribution in [3.8, 4) is 0 Å². The SMILES string of the molecule is CCC(C)(C)NC(=O)CN(C[C@H]1CCCO1)[C@H]1CCS(=O)(=O)C1. The summed E-state index contributed by atoms with van der Waals surface area (Å²) in [7, 11) is -2.96. The van der Waals surface area contributed by atoms with E-state index in [1.54, 1.807) is 0 Å². The van der Waals surface area contributed by atoms with Gasteiger partial charge in [0.1, 0.15) is 0 Å². The molecule has 2 aliphatic rings. The molecule has 1 amide bonds. The van der Waals surface area contributed by atoms with Gasteiger partial charge in [-0.2, -0.15) is 0 Å². The van der Waals surface area contributed by atoms with Crippen molar-refractivity contribution in [2.75, 3.05) is 31.2 Å². The minimum Gasteiger partial charge on any atom is -0.377 e. The van der Waals surface area contributed by atoms with Gasteiger partial charge in [0.25, 0.3) is 0 Å². The van der Waals surface area contributed by atoms with E-state index in [2.05, 4.69) is 5.32 Å². The summed E-state index contributed by atoms with van der Waals surface area (Å²) < 4.78 is 29.2. The first-order valence-corrected chi connectivity index (χ1v) is 10.4. The van der Waals surface area contributed by atoms with Crippen LogP contribution >= 0.6 is 0 Å². The number of carbonyl (C=O) groups is 1. The van der Waals surface area contributed by atoms with Gasteiger partial charge in [-0.3, -0.25) is 9.69 Å². The Labute approximate surface area is 139 Å². The lowest BCUT2D eigenvalue weighted by atomic mass is 10.0. The van der Waals surface area contributed by atoms with E-state index in [-0.39, 0.29) is 41.6 Å². The molecule has 2 aliphatic heterocycles. The molecular formula is C16H30N2O4S. The molecule has 0 saturated carbocycles. The predicted molar refractivity (Wildman–Crippen MR) is 90.1 cm³/mol. The van der Waals surface area contributed by atoms with Crippen LogP contribution in [0.2, 0.25) is 0 Å². The average Bonchev–Trinajstić information content (AvgIpc) is 3.06. The second-order valence-electron chi connectivity index (χ2n) is 7.41. The first-order valence-electron chi connectivity index (χ1n) is 8.58. The summed E-state index contributed by atoms with van der Waals surface area (Å²) >= 11 is 0. The highest BCUT2D eigenvalue weighted by molar-refractivity contribution is 7.91. The Bertz CT molecular complexity index is 512. The number of hydrogen-bond acceptors (Lipinski definition) is 5. The number of amides is 1. The molecule has 0 unspecified atom stereocenters. The van der Waals surface area contributed by atoms with E-state index in [0.29, 0.717) is 13.0 Å². The molecule has 1 N–H and O–H groups in total. The molecule has 6 nitrogen and oxygen atoms in total. The number of nitrogens with one attached hydrogen (secondary N) is 1. The van der Waals surface area contributed by atoms with E-state index in [1.165, 1.54) is 0 Å². The van der Waals surface area contributed by atoms with Crippen LogP contribution < -0.4 is 5.32 Å². The van der Waals surface area contributed by atoms with Gasteiger partial charge in [-0.05, 0) is 39.5 Å². The van der Waals surface area contributed by atoms with Crippen molar-refractivity contribution in [2.24, 2.45) is 0 Å². The third-order valence-electron chi connectivity index (χ3n) is 4.90. The van der Waals surface area contributed by atoms with Crippen LogP contribution in [0.1, 0.15) is 46.5 Å². The maximum absolute atomic E-state index is 12.4. The highest BCUT2D eigenvalue weighted by Crippen LogP contribution is 2.21. The molecule has 2 fully saturated rings. The lowest BCUT2D eigenvalue weighted by Gasteiger charge is -2.32. The Balaban J connectivity index is 1.99. The van der Waals surface area contributed by atoms with Gasteiger partial charge in [-0.25, -0.2) is 8.42 Å². The molecule has 0 aromatic heterocycles. The Kier molecular flexibility index (Phi) is 6.08. The van der Waals surface area contributed by atoms with Gasteiger partial charge in [0.05, 0.1) is 24.2 Å². The van der Waals surface area contributed by atoms with Crippen molar-refractivity contribution in [1.82, 2.24) is 10.2 Å². The fourth-order valence-corrected chi connectivity index (χ4v) is 4.91. The molecule has 23 heavy (non-hydrogen) atoms. The molecule has 0 aromatic rings. The maximum Gasteiger partial charge on any atom is 0.234 e. The van der Waals surface area contributed by atoms with Gasteiger partial charge < -0.3 is 10.1 Å². The van der Waals surface area contributed by atoms with E-state index in [1.807, 2.05) is 25.7 Å². The van der Waals surface area contributed by atoms with Gasteiger partial charge in [-0.15, -0.1) is 0 Å². The molecule has 0 spiro atoms. The monoisotopic (exact) mass is 346 g/mol. The zero-order chi connectivity index (χ0) is 17.1. The zero-order valence-electron chi connectivity index (χ0n) is 14.5. The lowest BCUT2D eigenvalue weighted by Crippen LogP contribution is -2.51. The summed E-state index contributed by atoms with van der Waals surface area (Å²) in [5.74, 6) is 0.338. The van der Waals surface area contributed by atoms with Crippen molar-refractivity contribution in [3.05, 3.63) is 0 Å². The van der Waals surface area contributed by atoms with Gasteiger partial charge >= 0.3 is 0 Å². The van der Waals surface area contributed by atoms with Crippen molar-refractivity contribution >= 4 is 15.7 Å². The summed E-state index contributed by atoms with van der Waals surface area (Å²) in [6.07, 6.45) is 3.60. The van der Waals surface area contributed by atoms with Crippen LogP contribution in [-0.4, -0.2) is 68.1 Å². The number of sulfone groups is 1. The summed E-state index contributed by atoms with van der Waals surface area (Å²) in [6.45, 7) is 7.67. The largest absolute Gasteiger partial charge is 0.377 e. The molecular weight excluding hydrogens is 316 g/mol. The molecule has 2 saturated heterocycles. The van der Waals surface area contributed by atoms with Crippen molar-refractivity contribution in [3.63, 3.8) is 0 Å². The number of hydrogen-bond donors (Lipinski definition) is 1. The summed E-state index contributed by atoms with van der Waals surface area (Å²) in [4.78, 5) is 14.4. The third kappa shape index (κ3) is 5.72. The van der Waals surface area contributed by atoms with Crippen molar-refractivity contribution in [1.29, 1.82) is 0 Å². The topological polar surface area (TPSA) is 75.7 Å². The Morgan fingerprint density at radius 3 is 2.61 bits per heavy atom. The van der Waals surface area contributed by atoms with Crippen LogP contribution in [0.3, 0.4) is 0 Å². The quantitative estimate of drug-likeness (QED) is 0.743. The van der Waals surface area contributed by atoms with Gasteiger partial charge in [0, 0.05) is 24.7 Å². The Hall–Kier alpha value is -0.660. The van der Waals surface area contributed by atoms with E-state index in [9.17, 15) is 13.2 Å². The normalized spacial score (nSPS) is 27.5. The Morgan fingerprint density at radius 1 is 1.35 bits per heavy atom. The fourth-order valence-electron chi connectivity index (χ4n) is 3.15. The fraction of sp³-hybridized carbons (Fsp3) is 0.938. The van der Waals surface area contributed by atoms with E-state index in [4.69, 9.17) is 4.74 Å². The maximum atomic E-state index is 12.4. The minimum atomic E-state index is -2.96. The molecule has 2 atom stereocenters. The standard InChI is InChI=1S/C16H30N2O4S/c1-4-16(2,3)17-15(19)11-18(10-14-6-5-8-22-14)13-7-9-23(20,21)12-13/h13-14H,4-12H2,1-3H3,(H,17,19)/t13-,14+/m0/s1. The van der Waals surface area contributed by atoms with Gasteiger partial charge in [0.2, 0.25) is 5.91 Å². The number of carbonyl (C=O) groups excluding carboxylic acids is 1. The number of ether oxygens (including phenoxy) is 1. The van der Waals surface area contributed by atoms with E-state index in [0.717, 1.165) is 25.9 Å². The molecule has 134 valence electrons. The van der Waals surface area contributed by atoms with Crippen LogP contribution in [0.25, 0.3) is 0 Å². The van der Waals surface area contributed by atoms with Gasteiger partial charge in [0.15, 0.2) is 9.84 Å². The second kappa shape index (κ2) is 7.49. The number of rotatable bonds is 7. The summed E-state index contributed by atoms with van der Waals surface area (Å²) in [6, 6.07) is -0.0697. The van der Waals surface area contributed by atoms with Crippen LogP contribution in [0.4, 0.5) is 0 Å². The minimum absolute atomic E-state index is 0.0425. The molecule has 0 aliphatic carbocycles. The molecule has 0 radical (unpaired) electrons. The molecule has 2 heterocycles. The highest BCUT2D eigenvalue weighted by Gasteiger charge is 2.35. The summed E-state index contributed by atoms with van der Waals surface area (Å²) in [5.41, 5.74) is -0.242. The van der Waals surface area contributed by atoms with Crippen LogP contribution in [0.5, 0.6) is 0 Å². The lowest BCUT2D eigenvalue weighted by molar-refractivity contribution is -0.124. The molecule has 0 bridgehead atoms. The number of nitrogens with zero attached hydrogens (tertiary/aromatic N) is 1. The third-order valence-corrected chi connectivity index (χ3v) is 6.65. The van der Waals surface area contributed by atoms with E-state index < -0.39 is 9.84 Å². The van der Waals surface area contributed by atoms with Crippen LogP contribution in [-0.2, 0) is 19.4 Å². The van der Waals surface area contributed by atoms with Crippen LogP contribution in [0, 0.1) is 0 Å². The van der Waals surface area contributed by atoms with E-state index >= 15 is 0 Å². The molecule has 7 heteroatoms. The second-order valence-corrected chi connectivity index (χ2v) is 9.64.